The van der Waals surface area contributed by atoms with Crippen LogP contribution in [0.3, 0.4) is 0 Å². The first kappa shape index (κ1) is 12.4. The third kappa shape index (κ3) is 3.20. The first-order valence-electron chi connectivity index (χ1n) is 5.10. The van der Waals surface area contributed by atoms with E-state index in [2.05, 4.69) is 10.4 Å². The smallest absolute Gasteiger partial charge is 0.330 e. The molecule has 1 unspecified atom stereocenters. The van der Waals surface area contributed by atoms with E-state index in [0.29, 0.717) is 6.42 Å². The summed E-state index contributed by atoms with van der Waals surface area (Å²) < 4.78 is 1.40. The molecule has 0 bridgehead atoms. The van der Waals surface area contributed by atoms with E-state index >= 15 is 0 Å². The summed E-state index contributed by atoms with van der Waals surface area (Å²) in [4.78, 5) is 10.2. The van der Waals surface area contributed by atoms with E-state index in [1.807, 2.05) is 6.92 Å². The van der Waals surface area contributed by atoms with Gasteiger partial charge in [0.15, 0.2) is 0 Å². The van der Waals surface area contributed by atoms with Crippen molar-refractivity contribution in [2.75, 3.05) is 11.9 Å². The summed E-state index contributed by atoms with van der Waals surface area (Å²) in [5, 5.41) is 26.3. The molecule has 0 aliphatic heterocycles. The molecule has 90 valence electrons. The number of rotatable bonds is 6. The van der Waals surface area contributed by atoms with Gasteiger partial charge in [-0.1, -0.05) is 0 Å². The number of aromatic nitrogens is 2. The second-order valence-electron chi connectivity index (χ2n) is 3.70. The van der Waals surface area contributed by atoms with Crippen molar-refractivity contribution in [2.45, 2.75) is 25.8 Å². The molecule has 16 heavy (non-hydrogen) atoms. The first-order chi connectivity index (χ1) is 7.54. The van der Waals surface area contributed by atoms with Gasteiger partial charge < -0.3 is 10.4 Å². The summed E-state index contributed by atoms with van der Waals surface area (Å²) in [6.45, 7) is 2.02. The number of aryl methyl sites for hydroxylation is 1. The second-order valence-corrected chi connectivity index (χ2v) is 3.70. The van der Waals surface area contributed by atoms with Crippen molar-refractivity contribution in [3.63, 3.8) is 0 Å². The van der Waals surface area contributed by atoms with Gasteiger partial charge in [0.1, 0.15) is 6.20 Å². The van der Waals surface area contributed by atoms with Gasteiger partial charge in [0.25, 0.3) is 0 Å². The highest BCUT2D eigenvalue weighted by Crippen LogP contribution is 2.22. The van der Waals surface area contributed by atoms with Crippen LogP contribution < -0.4 is 5.32 Å². The number of hydrogen-bond acceptors (Lipinski definition) is 5. The number of aliphatic hydroxyl groups excluding tert-OH is 1. The average Bonchev–Trinajstić information content (AvgIpc) is 2.56. The molecule has 1 heterocycles. The molecule has 0 amide bonds. The number of nitrogens with zero attached hydrogens (tertiary/aromatic N) is 3. The maximum absolute atomic E-state index is 10.7. The van der Waals surface area contributed by atoms with Crippen molar-refractivity contribution in [1.82, 2.24) is 9.78 Å². The molecule has 7 heteroatoms. The molecule has 1 atom stereocenters. The lowest BCUT2D eigenvalue weighted by atomic mass is 10.2. The van der Waals surface area contributed by atoms with Crippen LogP contribution in [0.4, 0.5) is 11.5 Å². The van der Waals surface area contributed by atoms with E-state index in [0.717, 1.165) is 6.42 Å². The second kappa shape index (κ2) is 5.45. The van der Waals surface area contributed by atoms with Crippen molar-refractivity contribution in [2.24, 2.45) is 7.05 Å². The molecule has 0 saturated heterocycles. The summed E-state index contributed by atoms with van der Waals surface area (Å²) in [6.07, 6.45) is 2.76. The van der Waals surface area contributed by atoms with Crippen molar-refractivity contribution in [1.29, 1.82) is 0 Å². The summed E-state index contributed by atoms with van der Waals surface area (Å²) >= 11 is 0. The molecule has 1 aromatic heterocycles. The molecular weight excluding hydrogens is 212 g/mol. The lowest BCUT2D eigenvalue weighted by Gasteiger charge is -2.11. The Morgan fingerprint density at radius 2 is 2.44 bits per heavy atom. The van der Waals surface area contributed by atoms with Crippen LogP contribution in [0.25, 0.3) is 0 Å². The Balaban J connectivity index is 2.68. The highest BCUT2D eigenvalue weighted by molar-refractivity contribution is 5.54. The number of hydrogen-bond donors (Lipinski definition) is 2. The molecule has 0 aliphatic carbocycles. The van der Waals surface area contributed by atoms with Crippen molar-refractivity contribution in [3.8, 4) is 0 Å². The van der Waals surface area contributed by atoms with Crippen molar-refractivity contribution < 1.29 is 10.0 Å². The number of anilines is 1. The highest BCUT2D eigenvalue weighted by Gasteiger charge is 2.19. The zero-order valence-electron chi connectivity index (χ0n) is 9.38. The van der Waals surface area contributed by atoms with Crippen LogP contribution in [0, 0.1) is 10.1 Å². The van der Waals surface area contributed by atoms with Crippen LogP contribution in [0.2, 0.25) is 0 Å². The van der Waals surface area contributed by atoms with Gasteiger partial charge in [0.2, 0.25) is 5.82 Å². The van der Waals surface area contributed by atoms with Crippen LogP contribution in [-0.4, -0.2) is 32.5 Å². The van der Waals surface area contributed by atoms with E-state index in [1.165, 1.54) is 10.9 Å². The van der Waals surface area contributed by atoms with Gasteiger partial charge in [-0.05, 0) is 19.8 Å². The fourth-order valence-corrected chi connectivity index (χ4v) is 1.42. The minimum atomic E-state index is -0.464. The third-order valence-electron chi connectivity index (χ3n) is 2.18. The summed E-state index contributed by atoms with van der Waals surface area (Å²) in [7, 11) is 1.64. The molecule has 0 saturated carbocycles. The number of aliphatic hydroxyl groups is 1. The highest BCUT2D eigenvalue weighted by atomic mass is 16.6. The van der Waals surface area contributed by atoms with Crippen molar-refractivity contribution in [3.05, 3.63) is 16.3 Å². The largest absolute Gasteiger partial charge is 0.396 e. The molecule has 7 nitrogen and oxygen atoms in total. The van der Waals surface area contributed by atoms with Crippen LogP contribution >= 0.6 is 0 Å². The van der Waals surface area contributed by atoms with Crippen LogP contribution in [0.1, 0.15) is 19.8 Å². The molecule has 1 aromatic rings. The zero-order valence-corrected chi connectivity index (χ0v) is 9.38. The Morgan fingerprint density at radius 3 is 3.00 bits per heavy atom. The Bertz CT molecular complexity index is 364. The summed E-state index contributed by atoms with van der Waals surface area (Å²) in [6, 6.07) is 0.0424. The van der Waals surface area contributed by atoms with Gasteiger partial charge in [0.05, 0.1) is 4.92 Å². The fourth-order valence-electron chi connectivity index (χ4n) is 1.42. The van der Waals surface area contributed by atoms with E-state index < -0.39 is 4.92 Å². The predicted molar refractivity (Wildman–Crippen MR) is 59.3 cm³/mol. The topological polar surface area (TPSA) is 93.2 Å². The summed E-state index contributed by atoms with van der Waals surface area (Å²) in [5.74, 6) is 0.276. The monoisotopic (exact) mass is 228 g/mol. The minimum Gasteiger partial charge on any atom is -0.396 e. The SMILES string of the molecule is CC(CCCO)Nc1nn(C)cc1[N+](=O)[O-]. The summed E-state index contributed by atoms with van der Waals surface area (Å²) in [5.41, 5.74) is -0.0293. The van der Waals surface area contributed by atoms with Crippen LogP contribution in [0.15, 0.2) is 6.20 Å². The van der Waals surface area contributed by atoms with Crippen LogP contribution in [-0.2, 0) is 7.05 Å². The molecule has 0 radical (unpaired) electrons. The van der Waals surface area contributed by atoms with Gasteiger partial charge in [-0.2, -0.15) is 0 Å². The Labute approximate surface area is 93.2 Å². The Kier molecular flexibility index (Phi) is 4.24. The van der Waals surface area contributed by atoms with Gasteiger partial charge in [-0.15, -0.1) is 5.10 Å². The quantitative estimate of drug-likeness (QED) is 0.557. The van der Waals surface area contributed by atoms with Gasteiger partial charge in [-0.25, -0.2) is 0 Å². The fraction of sp³-hybridized carbons (Fsp3) is 0.667. The zero-order chi connectivity index (χ0) is 12.1. The van der Waals surface area contributed by atoms with E-state index in [9.17, 15) is 10.1 Å². The van der Waals surface area contributed by atoms with E-state index in [4.69, 9.17) is 5.11 Å². The molecule has 2 N–H and O–H groups in total. The lowest BCUT2D eigenvalue weighted by molar-refractivity contribution is -0.384. The molecule has 0 aliphatic rings. The van der Waals surface area contributed by atoms with E-state index in [1.54, 1.807) is 7.05 Å². The van der Waals surface area contributed by atoms with Gasteiger partial charge >= 0.3 is 5.69 Å². The molecule has 0 spiro atoms. The van der Waals surface area contributed by atoms with Crippen LogP contribution in [0.5, 0.6) is 0 Å². The third-order valence-corrected chi connectivity index (χ3v) is 2.18. The van der Waals surface area contributed by atoms with E-state index in [-0.39, 0.29) is 24.2 Å². The predicted octanol–water partition coefficient (Wildman–Crippen LogP) is 0.901. The Hall–Kier alpha value is -1.63. The maximum atomic E-state index is 10.7. The average molecular weight is 228 g/mol. The minimum absolute atomic E-state index is 0.0293. The molecular formula is C9H16N4O3. The molecule has 0 aromatic carbocycles. The molecule has 0 fully saturated rings. The maximum Gasteiger partial charge on any atom is 0.330 e. The number of nitrogens with one attached hydrogen (secondary N) is 1. The standard InChI is InChI=1S/C9H16N4O3/c1-7(4-3-5-14)10-9-8(13(15)16)6-12(2)11-9/h6-7,14H,3-5H2,1-2H3,(H,10,11). The normalized spacial score (nSPS) is 12.4. The number of nitro groups is 1. The first-order valence-corrected chi connectivity index (χ1v) is 5.10. The van der Waals surface area contributed by atoms with Gasteiger partial charge in [0, 0.05) is 19.7 Å². The van der Waals surface area contributed by atoms with Crippen molar-refractivity contribution >= 4 is 11.5 Å². The molecule has 1 rings (SSSR count). The lowest BCUT2D eigenvalue weighted by Crippen LogP contribution is -2.16. The Morgan fingerprint density at radius 1 is 1.75 bits per heavy atom. The van der Waals surface area contributed by atoms with Gasteiger partial charge in [-0.3, -0.25) is 14.8 Å².